The topological polar surface area (TPSA) is 58.9 Å². The van der Waals surface area contributed by atoms with Crippen LogP contribution in [0.5, 0.6) is 0 Å². The van der Waals surface area contributed by atoms with Crippen molar-refractivity contribution in [1.82, 2.24) is 24.0 Å². The van der Waals surface area contributed by atoms with Gasteiger partial charge in [0.15, 0.2) is 0 Å². The van der Waals surface area contributed by atoms with Crippen molar-refractivity contribution in [3.63, 3.8) is 0 Å². The van der Waals surface area contributed by atoms with E-state index in [-0.39, 0.29) is 5.69 Å². The first kappa shape index (κ1) is 12.7. The Kier molecular flexibility index (Phi) is 3.15. The van der Waals surface area contributed by atoms with Crippen molar-refractivity contribution in [3.05, 3.63) is 47.4 Å². The molecule has 0 amide bonds. The number of nitrogens with one attached hydrogen (secondary N) is 1. The zero-order valence-corrected chi connectivity index (χ0v) is 11.6. The molecule has 1 N–H and O–H groups in total. The summed E-state index contributed by atoms with van der Waals surface area (Å²) in [4.78, 5) is 21.0. The molecule has 1 aromatic carbocycles. The normalized spacial score (nSPS) is 11.6. The van der Waals surface area contributed by atoms with Crippen LogP contribution in [-0.2, 0) is 6.54 Å². The summed E-state index contributed by atoms with van der Waals surface area (Å²) in [5.74, 6) is 0. The highest BCUT2D eigenvalue weighted by molar-refractivity contribution is 5.77. The molecule has 6 heteroatoms. The number of nitrogens with zero attached hydrogens (tertiary/aromatic N) is 4. The molecule has 0 fully saturated rings. The highest BCUT2D eigenvalue weighted by atomic mass is 16.1. The Morgan fingerprint density at radius 3 is 2.90 bits per heavy atom. The summed E-state index contributed by atoms with van der Waals surface area (Å²) in [7, 11) is 3.99. The monoisotopic (exact) mass is 271 g/mol. The van der Waals surface area contributed by atoms with E-state index in [9.17, 15) is 4.79 Å². The van der Waals surface area contributed by atoms with E-state index in [4.69, 9.17) is 0 Å². The van der Waals surface area contributed by atoms with Crippen LogP contribution in [0.2, 0.25) is 0 Å². The number of aromatic nitrogens is 4. The maximum atomic E-state index is 12.0. The molecular weight excluding hydrogens is 254 g/mol. The molecule has 2 aromatic heterocycles. The SMILES string of the molecule is CN(C)CCn1c(=O)[nH]c2ccc(-n3ccnc3)cc21. The van der Waals surface area contributed by atoms with Gasteiger partial charge in [-0.25, -0.2) is 9.78 Å². The van der Waals surface area contributed by atoms with Crippen molar-refractivity contribution in [3.8, 4) is 5.69 Å². The van der Waals surface area contributed by atoms with Gasteiger partial charge in [0.1, 0.15) is 0 Å². The Bertz CT molecular complexity index is 767. The van der Waals surface area contributed by atoms with Crippen LogP contribution in [0.3, 0.4) is 0 Å². The summed E-state index contributed by atoms with van der Waals surface area (Å²) in [5, 5.41) is 0. The molecule has 0 radical (unpaired) electrons. The fourth-order valence-corrected chi connectivity index (χ4v) is 2.24. The van der Waals surface area contributed by atoms with Crippen LogP contribution in [-0.4, -0.2) is 44.6 Å². The van der Waals surface area contributed by atoms with Gasteiger partial charge in [-0.3, -0.25) is 4.57 Å². The number of hydrogen-bond acceptors (Lipinski definition) is 3. The van der Waals surface area contributed by atoms with E-state index in [1.807, 2.05) is 43.1 Å². The number of rotatable bonds is 4. The van der Waals surface area contributed by atoms with E-state index in [0.29, 0.717) is 6.54 Å². The molecular formula is C14H17N5O. The average Bonchev–Trinajstić information content (AvgIpc) is 3.02. The van der Waals surface area contributed by atoms with Gasteiger partial charge in [0.25, 0.3) is 0 Å². The first-order chi connectivity index (χ1) is 9.65. The summed E-state index contributed by atoms with van der Waals surface area (Å²) in [5.41, 5.74) is 2.71. The lowest BCUT2D eigenvalue weighted by atomic mass is 10.2. The number of H-pyrrole nitrogens is 1. The number of benzene rings is 1. The molecule has 0 bridgehead atoms. The van der Waals surface area contributed by atoms with Gasteiger partial charge in [-0.05, 0) is 32.3 Å². The molecule has 0 saturated carbocycles. The van der Waals surface area contributed by atoms with Crippen LogP contribution in [0, 0.1) is 0 Å². The molecule has 0 spiro atoms. The second-order valence-electron chi connectivity index (χ2n) is 5.06. The minimum atomic E-state index is -0.0652. The summed E-state index contributed by atoms with van der Waals surface area (Å²) in [6.07, 6.45) is 5.37. The molecule has 20 heavy (non-hydrogen) atoms. The van der Waals surface area contributed by atoms with E-state index in [0.717, 1.165) is 23.3 Å². The molecule has 0 aliphatic carbocycles. The van der Waals surface area contributed by atoms with Crippen LogP contribution in [0.1, 0.15) is 0 Å². The molecule has 0 saturated heterocycles. The van der Waals surface area contributed by atoms with Gasteiger partial charge in [0.05, 0.1) is 17.4 Å². The molecule has 3 rings (SSSR count). The van der Waals surface area contributed by atoms with Crippen molar-refractivity contribution in [2.45, 2.75) is 6.54 Å². The Labute approximate surface area is 116 Å². The highest BCUT2D eigenvalue weighted by Gasteiger charge is 2.08. The lowest BCUT2D eigenvalue weighted by Crippen LogP contribution is -2.24. The Morgan fingerprint density at radius 2 is 2.20 bits per heavy atom. The zero-order chi connectivity index (χ0) is 14.1. The third-order valence-electron chi connectivity index (χ3n) is 3.33. The summed E-state index contributed by atoms with van der Waals surface area (Å²) in [6, 6.07) is 5.90. The number of fused-ring (bicyclic) bond motifs is 1. The van der Waals surface area contributed by atoms with Crippen LogP contribution < -0.4 is 5.69 Å². The molecule has 2 heterocycles. The third-order valence-corrected chi connectivity index (χ3v) is 3.33. The number of likely N-dealkylation sites (N-methyl/N-ethyl adjacent to an activating group) is 1. The van der Waals surface area contributed by atoms with E-state index in [1.54, 1.807) is 17.1 Å². The number of imidazole rings is 2. The lowest BCUT2D eigenvalue weighted by Gasteiger charge is -2.10. The second-order valence-corrected chi connectivity index (χ2v) is 5.06. The van der Waals surface area contributed by atoms with Gasteiger partial charge in [0, 0.05) is 31.2 Å². The molecule has 6 nitrogen and oxygen atoms in total. The van der Waals surface area contributed by atoms with Crippen LogP contribution >= 0.6 is 0 Å². The maximum Gasteiger partial charge on any atom is 0.326 e. The van der Waals surface area contributed by atoms with Crippen LogP contribution in [0.4, 0.5) is 0 Å². The molecule has 0 unspecified atom stereocenters. The standard InChI is InChI=1S/C14H17N5O/c1-17(2)7-8-19-13-9-11(18-6-5-15-10-18)3-4-12(13)16-14(19)20/h3-6,9-10H,7-8H2,1-2H3,(H,16,20). The number of aromatic amines is 1. The van der Waals surface area contributed by atoms with E-state index in [2.05, 4.69) is 14.9 Å². The summed E-state index contributed by atoms with van der Waals surface area (Å²) in [6.45, 7) is 1.49. The Hall–Kier alpha value is -2.34. The van der Waals surface area contributed by atoms with Gasteiger partial charge in [-0.15, -0.1) is 0 Å². The maximum absolute atomic E-state index is 12.0. The zero-order valence-electron chi connectivity index (χ0n) is 11.6. The van der Waals surface area contributed by atoms with Crippen molar-refractivity contribution in [1.29, 1.82) is 0 Å². The molecule has 0 atom stereocenters. The largest absolute Gasteiger partial charge is 0.326 e. The van der Waals surface area contributed by atoms with Gasteiger partial charge in [-0.1, -0.05) is 0 Å². The van der Waals surface area contributed by atoms with Crippen LogP contribution in [0.25, 0.3) is 16.7 Å². The first-order valence-electron chi connectivity index (χ1n) is 6.51. The van der Waals surface area contributed by atoms with E-state index >= 15 is 0 Å². The predicted molar refractivity (Wildman–Crippen MR) is 78.2 cm³/mol. The smallest absolute Gasteiger partial charge is 0.308 e. The summed E-state index contributed by atoms with van der Waals surface area (Å²) >= 11 is 0. The van der Waals surface area contributed by atoms with Gasteiger partial charge >= 0.3 is 5.69 Å². The fraction of sp³-hybridized carbons (Fsp3) is 0.286. The fourth-order valence-electron chi connectivity index (χ4n) is 2.24. The van der Waals surface area contributed by atoms with Crippen LogP contribution in [0.15, 0.2) is 41.7 Å². The third kappa shape index (κ3) is 2.25. The van der Waals surface area contributed by atoms with Gasteiger partial charge in [-0.2, -0.15) is 0 Å². The summed E-state index contributed by atoms with van der Waals surface area (Å²) < 4.78 is 3.70. The molecule has 0 aliphatic rings. The lowest BCUT2D eigenvalue weighted by molar-refractivity contribution is 0.384. The minimum absolute atomic E-state index is 0.0652. The van der Waals surface area contributed by atoms with E-state index < -0.39 is 0 Å². The molecule has 104 valence electrons. The minimum Gasteiger partial charge on any atom is -0.308 e. The second kappa shape index (κ2) is 4.97. The van der Waals surface area contributed by atoms with Crippen molar-refractivity contribution in [2.24, 2.45) is 0 Å². The molecule has 3 aromatic rings. The van der Waals surface area contributed by atoms with Crippen molar-refractivity contribution >= 4 is 11.0 Å². The average molecular weight is 271 g/mol. The van der Waals surface area contributed by atoms with Crippen molar-refractivity contribution < 1.29 is 0 Å². The van der Waals surface area contributed by atoms with Crippen molar-refractivity contribution in [2.75, 3.05) is 20.6 Å². The molecule has 0 aliphatic heterocycles. The van der Waals surface area contributed by atoms with Gasteiger partial charge < -0.3 is 14.5 Å². The highest BCUT2D eigenvalue weighted by Crippen LogP contribution is 2.16. The van der Waals surface area contributed by atoms with E-state index in [1.165, 1.54) is 0 Å². The Balaban J connectivity index is 2.07. The predicted octanol–water partition coefficient (Wildman–Crippen LogP) is 1.08. The first-order valence-corrected chi connectivity index (χ1v) is 6.51. The van der Waals surface area contributed by atoms with Gasteiger partial charge in [0.2, 0.25) is 0 Å². The Morgan fingerprint density at radius 1 is 1.35 bits per heavy atom. The number of hydrogen-bond donors (Lipinski definition) is 1. The quantitative estimate of drug-likeness (QED) is 0.772.